The largest absolute Gasteiger partial charge is 0.506 e. The Balaban J connectivity index is 1.24. The SMILES string of the molecule is CC(F)(F)c1cccc(C2CCN(C(=O)CN3CC[C@@H](C(=O)Nc4ccc(O)c(Cl)c4)C3)CC2)c1. The number of carbonyl (C=O) groups is 2. The number of phenols is 1. The molecule has 2 aromatic carbocycles. The summed E-state index contributed by atoms with van der Waals surface area (Å²) in [6, 6.07) is 11.1. The lowest BCUT2D eigenvalue weighted by atomic mass is 9.88. The Labute approximate surface area is 208 Å². The Morgan fingerprint density at radius 2 is 1.86 bits per heavy atom. The standard InChI is InChI=1S/C26H30ClF2N3O3/c1-26(28,29)20-4-2-3-18(13-20)17-8-11-32(12-9-17)24(34)16-31-10-7-19(15-31)25(35)30-21-5-6-23(33)22(27)14-21/h2-6,13-14,17,19,33H,7-12,15-16H2,1H3,(H,30,35)/t19-/m1/s1. The molecule has 0 aliphatic carbocycles. The van der Waals surface area contributed by atoms with Crippen LogP contribution in [0.4, 0.5) is 14.5 Å². The van der Waals surface area contributed by atoms with Crippen molar-refractivity contribution >= 4 is 29.1 Å². The first-order valence-electron chi connectivity index (χ1n) is 11.9. The lowest BCUT2D eigenvalue weighted by Crippen LogP contribution is -2.43. The fourth-order valence-corrected chi connectivity index (χ4v) is 5.02. The van der Waals surface area contributed by atoms with E-state index in [9.17, 15) is 23.5 Å². The lowest BCUT2D eigenvalue weighted by molar-refractivity contribution is -0.133. The summed E-state index contributed by atoms with van der Waals surface area (Å²) < 4.78 is 27.4. The summed E-state index contributed by atoms with van der Waals surface area (Å²) in [5.41, 5.74) is 1.44. The van der Waals surface area contributed by atoms with E-state index in [4.69, 9.17) is 11.6 Å². The van der Waals surface area contributed by atoms with Crippen molar-refractivity contribution in [2.75, 3.05) is 38.0 Å². The molecule has 35 heavy (non-hydrogen) atoms. The zero-order valence-corrected chi connectivity index (χ0v) is 20.4. The number of hydrogen-bond donors (Lipinski definition) is 2. The van der Waals surface area contributed by atoms with Crippen molar-refractivity contribution in [2.24, 2.45) is 5.92 Å². The van der Waals surface area contributed by atoms with Crippen LogP contribution in [0.3, 0.4) is 0 Å². The van der Waals surface area contributed by atoms with Gasteiger partial charge in [0.15, 0.2) is 0 Å². The lowest BCUT2D eigenvalue weighted by Gasteiger charge is -2.33. The van der Waals surface area contributed by atoms with Gasteiger partial charge in [0.25, 0.3) is 5.92 Å². The van der Waals surface area contributed by atoms with Crippen molar-refractivity contribution in [3.63, 3.8) is 0 Å². The Morgan fingerprint density at radius 1 is 1.11 bits per heavy atom. The van der Waals surface area contributed by atoms with Crippen LogP contribution >= 0.6 is 11.6 Å². The fourth-order valence-electron chi connectivity index (χ4n) is 4.84. The van der Waals surface area contributed by atoms with Gasteiger partial charge in [-0.25, -0.2) is 8.78 Å². The smallest absolute Gasteiger partial charge is 0.270 e. The molecule has 0 unspecified atom stereocenters. The molecule has 0 radical (unpaired) electrons. The number of carbonyl (C=O) groups excluding carboxylic acids is 2. The van der Waals surface area contributed by atoms with Crippen molar-refractivity contribution < 1.29 is 23.5 Å². The number of aromatic hydroxyl groups is 1. The fraction of sp³-hybridized carbons (Fsp3) is 0.462. The maximum absolute atomic E-state index is 13.7. The topological polar surface area (TPSA) is 72.9 Å². The number of rotatable bonds is 6. The first-order chi connectivity index (χ1) is 16.6. The van der Waals surface area contributed by atoms with Crippen LogP contribution in [0, 0.1) is 5.92 Å². The first kappa shape index (κ1) is 25.4. The summed E-state index contributed by atoms with van der Waals surface area (Å²) in [7, 11) is 0. The minimum absolute atomic E-state index is 0.0228. The Kier molecular flexibility index (Phi) is 7.62. The van der Waals surface area contributed by atoms with Gasteiger partial charge in [0.2, 0.25) is 11.8 Å². The number of nitrogens with zero attached hydrogens (tertiary/aromatic N) is 2. The molecular formula is C26H30ClF2N3O3. The van der Waals surface area contributed by atoms with Crippen LogP contribution in [0.25, 0.3) is 0 Å². The van der Waals surface area contributed by atoms with E-state index in [-0.39, 0.29) is 46.5 Å². The minimum atomic E-state index is -2.87. The van der Waals surface area contributed by atoms with Gasteiger partial charge in [0.05, 0.1) is 17.5 Å². The number of halogens is 3. The summed E-state index contributed by atoms with van der Waals surface area (Å²) >= 11 is 5.90. The van der Waals surface area contributed by atoms with Crippen molar-refractivity contribution in [3.05, 3.63) is 58.6 Å². The second-order valence-electron chi connectivity index (χ2n) is 9.55. The molecule has 2 amide bonds. The van der Waals surface area contributed by atoms with Crippen molar-refractivity contribution in [1.82, 2.24) is 9.80 Å². The normalized spacial score (nSPS) is 19.7. The molecule has 4 rings (SSSR count). The number of anilines is 1. The monoisotopic (exact) mass is 505 g/mol. The van der Waals surface area contributed by atoms with Crippen LogP contribution in [0.5, 0.6) is 5.75 Å². The Bertz CT molecular complexity index is 1080. The van der Waals surface area contributed by atoms with Gasteiger partial charge in [-0.05, 0) is 61.6 Å². The van der Waals surface area contributed by atoms with Gasteiger partial charge in [-0.1, -0.05) is 29.8 Å². The summed E-state index contributed by atoms with van der Waals surface area (Å²) in [4.78, 5) is 29.3. The van der Waals surface area contributed by atoms with Crippen LogP contribution in [-0.4, -0.2) is 59.4 Å². The van der Waals surface area contributed by atoms with Gasteiger partial charge < -0.3 is 15.3 Å². The highest BCUT2D eigenvalue weighted by Crippen LogP contribution is 2.33. The summed E-state index contributed by atoms with van der Waals surface area (Å²) in [6.45, 7) is 3.51. The molecule has 0 spiro atoms. The molecule has 2 heterocycles. The van der Waals surface area contributed by atoms with Gasteiger partial charge in [0, 0.05) is 37.8 Å². The quantitative estimate of drug-likeness (QED) is 0.552. The molecule has 2 aliphatic rings. The van der Waals surface area contributed by atoms with E-state index in [0.717, 1.165) is 25.3 Å². The predicted octanol–water partition coefficient (Wildman–Crippen LogP) is 4.82. The first-order valence-corrected chi connectivity index (χ1v) is 12.3. The summed E-state index contributed by atoms with van der Waals surface area (Å²) in [6.07, 6.45) is 2.14. The third-order valence-corrected chi connectivity index (χ3v) is 7.23. The maximum Gasteiger partial charge on any atom is 0.270 e. The molecule has 188 valence electrons. The van der Waals surface area contributed by atoms with Gasteiger partial charge in [-0.2, -0.15) is 0 Å². The Morgan fingerprint density at radius 3 is 2.54 bits per heavy atom. The zero-order valence-electron chi connectivity index (χ0n) is 19.6. The molecule has 2 saturated heterocycles. The van der Waals surface area contributed by atoms with E-state index in [1.165, 1.54) is 18.2 Å². The van der Waals surface area contributed by atoms with Crippen LogP contribution in [0.1, 0.15) is 43.2 Å². The number of nitrogens with one attached hydrogen (secondary N) is 1. The molecule has 0 bridgehead atoms. The van der Waals surface area contributed by atoms with Crippen molar-refractivity contribution in [1.29, 1.82) is 0 Å². The number of alkyl halides is 2. The second kappa shape index (κ2) is 10.5. The molecule has 0 aromatic heterocycles. The molecule has 2 fully saturated rings. The van der Waals surface area contributed by atoms with Crippen molar-refractivity contribution in [3.8, 4) is 5.75 Å². The number of likely N-dealkylation sites (tertiary alicyclic amines) is 2. The van der Waals surface area contributed by atoms with E-state index in [1.54, 1.807) is 18.2 Å². The van der Waals surface area contributed by atoms with E-state index < -0.39 is 5.92 Å². The Hall–Kier alpha value is -2.71. The average Bonchev–Trinajstić information content (AvgIpc) is 3.30. The molecule has 2 N–H and O–H groups in total. The molecule has 6 nitrogen and oxygen atoms in total. The second-order valence-corrected chi connectivity index (χ2v) is 9.95. The highest BCUT2D eigenvalue weighted by Gasteiger charge is 2.32. The predicted molar refractivity (Wildman–Crippen MR) is 131 cm³/mol. The van der Waals surface area contributed by atoms with Crippen molar-refractivity contribution in [2.45, 2.75) is 38.0 Å². The summed E-state index contributed by atoms with van der Waals surface area (Å²) in [5.74, 6) is -3.09. The molecule has 2 aliphatic heterocycles. The average molecular weight is 506 g/mol. The molecule has 0 saturated carbocycles. The minimum Gasteiger partial charge on any atom is -0.506 e. The van der Waals surface area contributed by atoms with E-state index in [0.29, 0.717) is 38.3 Å². The number of piperidine rings is 1. The third kappa shape index (κ3) is 6.30. The highest BCUT2D eigenvalue weighted by molar-refractivity contribution is 6.32. The van der Waals surface area contributed by atoms with Crippen LogP contribution in [0.2, 0.25) is 5.02 Å². The number of benzene rings is 2. The van der Waals surface area contributed by atoms with Gasteiger partial charge in [0.1, 0.15) is 5.75 Å². The third-order valence-electron chi connectivity index (χ3n) is 6.93. The molecular weight excluding hydrogens is 476 g/mol. The molecule has 9 heteroatoms. The van der Waals surface area contributed by atoms with E-state index in [2.05, 4.69) is 5.32 Å². The maximum atomic E-state index is 13.7. The van der Waals surface area contributed by atoms with Gasteiger partial charge >= 0.3 is 0 Å². The molecule has 1 atom stereocenters. The zero-order chi connectivity index (χ0) is 25.2. The number of hydrogen-bond acceptors (Lipinski definition) is 4. The van der Waals surface area contributed by atoms with Crippen LogP contribution in [-0.2, 0) is 15.5 Å². The summed E-state index contributed by atoms with van der Waals surface area (Å²) in [5, 5.41) is 12.5. The van der Waals surface area contributed by atoms with E-state index >= 15 is 0 Å². The van der Waals surface area contributed by atoms with Gasteiger partial charge in [-0.3, -0.25) is 14.5 Å². The highest BCUT2D eigenvalue weighted by atomic mass is 35.5. The number of amides is 2. The van der Waals surface area contributed by atoms with E-state index in [1.807, 2.05) is 15.9 Å². The number of phenolic OH excluding ortho intramolecular Hbond substituents is 1. The van der Waals surface area contributed by atoms with Crippen LogP contribution in [0.15, 0.2) is 42.5 Å². The van der Waals surface area contributed by atoms with Gasteiger partial charge in [-0.15, -0.1) is 0 Å². The van der Waals surface area contributed by atoms with Crippen LogP contribution < -0.4 is 5.32 Å². The molecule has 2 aromatic rings.